The molecule has 0 bridgehead atoms. The number of fused-ring (bicyclic) bond motifs is 1. The van der Waals surface area contributed by atoms with Crippen molar-refractivity contribution < 1.29 is 14.4 Å². The lowest BCUT2D eigenvalue weighted by molar-refractivity contribution is -0.119. The number of anilines is 1. The van der Waals surface area contributed by atoms with E-state index < -0.39 is 5.91 Å². The predicted molar refractivity (Wildman–Crippen MR) is 81.8 cm³/mol. The summed E-state index contributed by atoms with van der Waals surface area (Å²) in [7, 11) is 1.62. The maximum Gasteiger partial charge on any atom is 0.260 e. The quantitative estimate of drug-likeness (QED) is 0.859. The first-order chi connectivity index (χ1) is 10.6. The molecular weight excluding hydrogens is 280 g/mol. The Morgan fingerprint density at radius 2 is 1.77 bits per heavy atom. The van der Waals surface area contributed by atoms with E-state index in [4.69, 9.17) is 0 Å². The van der Waals surface area contributed by atoms with Crippen LogP contribution < -0.4 is 10.2 Å². The number of benzene rings is 2. The van der Waals surface area contributed by atoms with E-state index in [-0.39, 0.29) is 18.2 Å². The summed E-state index contributed by atoms with van der Waals surface area (Å²) in [6.45, 7) is 0. The molecule has 0 saturated heterocycles. The molecule has 0 saturated carbocycles. The molecule has 5 nitrogen and oxygen atoms in total. The molecule has 0 atom stereocenters. The molecule has 110 valence electrons. The van der Waals surface area contributed by atoms with Crippen molar-refractivity contribution in [2.24, 2.45) is 0 Å². The molecule has 3 rings (SSSR count). The molecule has 1 heterocycles. The van der Waals surface area contributed by atoms with Crippen molar-refractivity contribution in [3.8, 4) is 0 Å². The van der Waals surface area contributed by atoms with Gasteiger partial charge in [-0.05, 0) is 23.8 Å². The van der Waals surface area contributed by atoms with Crippen LogP contribution in [0.4, 0.5) is 5.69 Å². The molecule has 0 aliphatic carbocycles. The highest BCUT2D eigenvalue weighted by molar-refractivity contribution is 6.16. The molecule has 2 aromatic carbocycles. The van der Waals surface area contributed by atoms with Crippen molar-refractivity contribution in [2.75, 3.05) is 11.9 Å². The van der Waals surface area contributed by atoms with Crippen molar-refractivity contribution in [1.82, 2.24) is 5.32 Å². The lowest BCUT2D eigenvalue weighted by Gasteiger charge is -2.24. The minimum atomic E-state index is -0.463. The molecule has 0 spiro atoms. The maximum absolute atomic E-state index is 12.5. The zero-order chi connectivity index (χ0) is 15.7. The zero-order valence-electron chi connectivity index (χ0n) is 12.0. The second-order valence-corrected chi connectivity index (χ2v) is 5.10. The average Bonchev–Trinajstić information content (AvgIpc) is 2.53. The number of amides is 3. The number of carbonyl (C=O) groups excluding carboxylic acids is 3. The van der Waals surface area contributed by atoms with E-state index in [1.807, 2.05) is 6.07 Å². The third-order valence-electron chi connectivity index (χ3n) is 3.65. The average molecular weight is 294 g/mol. The molecule has 0 radical (unpaired) electrons. The van der Waals surface area contributed by atoms with Crippen LogP contribution in [-0.2, 0) is 11.2 Å². The summed E-state index contributed by atoms with van der Waals surface area (Å²) in [6, 6.07) is 14.0. The van der Waals surface area contributed by atoms with Crippen LogP contribution in [-0.4, -0.2) is 24.8 Å². The highest BCUT2D eigenvalue weighted by Gasteiger charge is 2.27. The first kappa shape index (κ1) is 14.0. The van der Waals surface area contributed by atoms with Gasteiger partial charge in [-0.25, -0.2) is 0 Å². The summed E-state index contributed by atoms with van der Waals surface area (Å²) in [5, 5.41) is 2.29. The van der Waals surface area contributed by atoms with Gasteiger partial charge < -0.3 is 4.90 Å². The maximum atomic E-state index is 12.5. The Morgan fingerprint density at radius 1 is 1.05 bits per heavy atom. The second kappa shape index (κ2) is 5.44. The lowest BCUT2D eigenvalue weighted by atomic mass is 9.97. The van der Waals surface area contributed by atoms with Gasteiger partial charge in [-0.2, -0.15) is 0 Å². The first-order valence-electron chi connectivity index (χ1n) is 6.87. The van der Waals surface area contributed by atoms with Crippen LogP contribution in [0.15, 0.2) is 48.5 Å². The van der Waals surface area contributed by atoms with Crippen LogP contribution in [0.1, 0.15) is 26.3 Å². The second-order valence-electron chi connectivity index (χ2n) is 5.10. The third-order valence-corrected chi connectivity index (χ3v) is 3.65. The van der Waals surface area contributed by atoms with Crippen LogP contribution in [0, 0.1) is 0 Å². The summed E-state index contributed by atoms with van der Waals surface area (Å²) in [5.74, 6) is -1.00. The van der Waals surface area contributed by atoms with E-state index >= 15 is 0 Å². The van der Waals surface area contributed by atoms with Crippen LogP contribution in [0.2, 0.25) is 0 Å². The number of imide groups is 1. The highest BCUT2D eigenvalue weighted by atomic mass is 16.2. The molecule has 1 aliphatic heterocycles. The Labute approximate surface area is 127 Å². The first-order valence-corrected chi connectivity index (χ1v) is 6.87. The number of nitrogens with one attached hydrogen (secondary N) is 1. The van der Waals surface area contributed by atoms with Gasteiger partial charge in [0.25, 0.3) is 11.8 Å². The van der Waals surface area contributed by atoms with E-state index in [9.17, 15) is 14.4 Å². The standard InChI is InChI=1S/C17H14N2O3/c1-19(17(22)11-6-3-2-4-7-11)13-9-5-8-12-10-14(20)18-16(21)15(12)13/h2-9H,10H2,1H3,(H,18,20,21). The van der Waals surface area contributed by atoms with Gasteiger partial charge in [0.1, 0.15) is 0 Å². The third kappa shape index (κ3) is 2.37. The van der Waals surface area contributed by atoms with Crippen molar-refractivity contribution in [3.63, 3.8) is 0 Å². The van der Waals surface area contributed by atoms with E-state index in [2.05, 4.69) is 5.32 Å². The van der Waals surface area contributed by atoms with Crippen molar-refractivity contribution in [1.29, 1.82) is 0 Å². The Bertz CT molecular complexity index is 769. The predicted octanol–water partition coefficient (Wildman–Crippen LogP) is 1.78. The molecule has 2 aromatic rings. The molecular formula is C17H14N2O3. The highest BCUT2D eigenvalue weighted by Crippen LogP contribution is 2.27. The van der Waals surface area contributed by atoms with E-state index in [0.29, 0.717) is 22.4 Å². The summed E-state index contributed by atoms with van der Waals surface area (Å²) in [5.41, 5.74) is 2.05. The van der Waals surface area contributed by atoms with Gasteiger partial charge in [-0.3, -0.25) is 19.7 Å². The molecule has 5 heteroatoms. The van der Waals surface area contributed by atoms with Gasteiger partial charge in [0.15, 0.2) is 0 Å². The zero-order valence-corrected chi connectivity index (χ0v) is 12.0. The number of hydrogen-bond acceptors (Lipinski definition) is 3. The SMILES string of the molecule is CN(C(=O)c1ccccc1)c1cccc2c1C(=O)NC(=O)C2. The summed E-state index contributed by atoms with van der Waals surface area (Å²) in [4.78, 5) is 37.5. The Morgan fingerprint density at radius 3 is 2.50 bits per heavy atom. The van der Waals surface area contributed by atoms with E-state index in [0.717, 1.165) is 0 Å². The number of nitrogens with zero attached hydrogens (tertiary/aromatic N) is 1. The van der Waals surface area contributed by atoms with Crippen molar-refractivity contribution in [2.45, 2.75) is 6.42 Å². The van der Waals surface area contributed by atoms with Gasteiger partial charge in [-0.15, -0.1) is 0 Å². The molecule has 0 unspecified atom stereocenters. The van der Waals surface area contributed by atoms with E-state index in [1.165, 1.54) is 4.90 Å². The summed E-state index contributed by atoms with van der Waals surface area (Å²) in [6.07, 6.45) is 0.141. The molecule has 0 aromatic heterocycles. The normalized spacial score (nSPS) is 13.3. The fourth-order valence-corrected chi connectivity index (χ4v) is 2.57. The number of hydrogen-bond donors (Lipinski definition) is 1. The minimum absolute atomic E-state index is 0.141. The largest absolute Gasteiger partial charge is 0.311 e. The van der Waals surface area contributed by atoms with Crippen LogP contribution in [0.5, 0.6) is 0 Å². The number of carbonyl (C=O) groups is 3. The lowest BCUT2D eigenvalue weighted by Crippen LogP contribution is -2.39. The van der Waals surface area contributed by atoms with Gasteiger partial charge in [0, 0.05) is 12.6 Å². The smallest absolute Gasteiger partial charge is 0.260 e. The minimum Gasteiger partial charge on any atom is -0.311 e. The summed E-state index contributed by atoms with van der Waals surface area (Å²) >= 11 is 0. The van der Waals surface area contributed by atoms with Gasteiger partial charge >= 0.3 is 0 Å². The van der Waals surface area contributed by atoms with Gasteiger partial charge in [0.05, 0.1) is 17.7 Å². The summed E-state index contributed by atoms with van der Waals surface area (Å²) < 4.78 is 0. The fraction of sp³-hybridized carbons (Fsp3) is 0.118. The van der Waals surface area contributed by atoms with Crippen LogP contribution in [0.25, 0.3) is 0 Å². The Hall–Kier alpha value is -2.95. The molecule has 1 N–H and O–H groups in total. The molecule has 1 aliphatic rings. The number of rotatable bonds is 2. The molecule has 22 heavy (non-hydrogen) atoms. The van der Waals surface area contributed by atoms with Gasteiger partial charge in [0.2, 0.25) is 5.91 Å². The Kier molecular flexibility index (Phi) is 3.47. The van der Waals surface area contributed by atoms with Crippen LogP contribution in [0.3, 0.4) is 0 Å². The fourth-order valence-electron chi connectivity index (χ4n) is 2.57. The van der Waals surface area contributed by atoms with Gasteiger partial charge in [-0.1, -0.05) is 30.3 Å². The van der Waals surface area contributed by atoms with E-state index in [1.54, 1.807) is 49.5 Å². The van der Waals surface area contributed by atoms with Crippen LogP contribution >= 0.6 is 0 Å². The monoisotopic (exact) mass is 294 g/mol. The Balaban J connectivity index is 2.02. The topological polar surface area (TPSA) is 66.5 Å². The van der Waals surface area contributed by atoms with Crippen molar-refractivity contribution in [3.05, 3.63) is 65.2 Å². The molecule has 0 fully saturated rings. The van der Waals surface area contributed by atoms with Crippen molar-refractivity contribution >= 4 is 23.4 Å². The molecule has 3 amide bonds.